The molecular weight excluding hydrogens is 616 g/mol. The standard InChI is InChI=1S/C32H23Cl3FN3O4/c1-43-22-6-7-23-18(13-22)14-24(35)28-25(10-16-2-4-17(5-3-16)32(42)37-9-8-26(40)41)39-31(27(23)28)29(36)30(38-39)19-11-20(33)15-21(34)12-19/h2-7,11-15,25H,8-10H2,1H3,(H,37,42)(H,40,41). The number of rotatable bonds is 8. The summed E-state index contributed by atoms with van der Waals surface area (Å²) < 4.78 is 23.5. The van der Waals surface area contributed by atoms with E-state index in [1.165, 1.54) is 0 Å². The Morgan fingerprint density at radius 3 is 2.42 bits per heavy atom. The van der Waals surface area contributed by atoms with Crippen LogP contribution in [0.25, 0.3) is 33.3 Å². The highest BCUT2D eigenvalue weighted by Gasteiger charge is 2.38. The number of aromatic nitrogens is 2. The monoisotopic (exact) mass is 637 g/mol. The number of aliphatic carboxylic acids is 1. The lowest BCUT2D eigenvalue weighted by atomic mass is 9.92. The van der Waals surface area contributed by atoms with Gasteiger partial charge in [-0.2, -0.15) is 5.10 Å². The molecule has 1 aliphatic heterocycles. The number of ether oxygens (including phenoxy) is 1. The van der Waals surface area contributed by atoms with Crippen LogP contribution in [0.2, 0.25) is 15.1 Å². The summed E-state index contributed by atoms with van der Waals surface area (Å²) in [6, 6.07) is 18.7. The van der Waals surface area contributed by atoms with Gasteiger partial charge in [0.25, 0.3) is 5.91 Å². The highest BCUT2D eigenvalue weighted by atomic mass is 35.5. The van der Waals surface area contributed by atoms with Crippen LogP contribution in [0, 0.1) is 5.82 Å². The zero-order valence-corrected chi connectivity index (χ0v) is 24.9. The van der Waals surface area contributed by atoms with Crippen LogP contribution in [0.5, 0.6) is 5.75 Å². The normalized spacial score (nSPS) is 13.6. The molecule has 1 amide bonds. The Kier molecular flexibility index (Phi) is 7.77. The molecule has 11 heteroatoms. The Bertz CT molecular complexity index is 1900. The molecule has 218 valence electrons. The van der Waals surface area contributed by atoms with E-state index in [1.54, 1.807) is 54.3 Å². The van der Waals surface area contributed by atoms with Crippen molar-refractivity contribution in [2.75, 3.05) is 13.7 Å². The summed E-state index contributed by atoms with van der Waals surface area (Å²) in [6.45, 7) is 0.0287. The molecule has 1 atom stereocenters. The molecular formula is C32H23Cl3FN3O4. The van der Waals surface area contributed by atoms with Gasteiger partial charge in [-0.25, -0.2) is 4.39 Å². The number of nitrogens with one attached hydrogen (secondary N) is 1. The number of carbonyl (C=O) groups is 2. The van der Waals surface area contributed by atoms with Crippen LogP contribution in [0.1, 0.15) is 33.9 Å². The SMILES string of the molecule is COc1ccc2c3c(c(Cl)cc2c1)C(Cc1ccc(C(=O)NCCC(=O)O)cc1)n1nc(-c2cc(Cl)cc(Cl)c2)c(F)c1-3. The van der Waals surface area contributed by atoms with Crippen molar-refractivity contribution in [1.29, 1.82) is 0 Å². The average Bonchev–Trinajstić information content (AvgIpc) is 3.47. The minimum Gasteiger partial charge on any atom is -0.497 e. The van der Waals surface area contributed by atoms with Gasteiger partial charge in [0.05, 0.1) is 19.6 Å². The van der Waals surface area contributed by atoms with Crippen LogP contribution >= 0.6 is 34.8 Å². The van der Waals surface area contributed by atoms with Gasteiger partial charge in [-0.05, 0) is 71.3 Å². The maximum atomic E-state index is 16.5. The fourth-order valence-electron chi connectivity index (χ4n) is 5.53. The van der Waals surface area contributed by atoms with Gasteiger partial charge in [-0.1, -0.05) is 53.0 Å². The first-order valence-electron chi connectivity index (χ1n) is 13.3. The van der Waals surface area contributed by atoms with Gasteiger partial charge in [0.15, 0.2) is 5.82 Å². The number of hydrogen-bond acceptors (Lipinski definition) is 4. The van der Waals surface area contributed by atoms with Crippen molar-refractivity contribution < 1.29 is 23.8 Å². The summed E-state index contributed by atoms with van der Waals surface area (Å²) in [5.41, 5.74) is 3.51. The zero-order chi connectivity index (χ0) is 30.4. The molecule has 6 rings (SSSR count). The maximum Gasteiger partial charge on any atom is 0.305 e. The van der Waals surface area contributed by atoms with E-state index in [0.29, 0.717) is 49.6 Å². The predicted molar refractivity (Wildman–Crippen MR) is 165 cm³/mol. The highest BCUT2D eigenvalue weighted by molar-refractivity contribution is 6.35. The van der Waals surface area contributed by atoms with Crippen LogP contribution in [0.4, 0.5) is 4.39 Å². The molecule has 0 radical (unpaired) electrons. The molecule has 0 aliphatic carbocycles. The summed E-state index contributed by atoms with van der Waals surface area (Å²) in [5, 5.41) is 18.9. The largest absolute Gasteiger partial charge is 0.497 e. The lowest BCUT2D eigenvalue weighted by Crippen LogP contribution is -2.25. The molecule has 2 N–H and O–H groups in total. The molecule has 43 heavy (non-hydrogen) atoms. The molecule has 1 unspecified atom stereocenters. The van der Waals surface area contributed by atoms with Crippen molar-refractivity contribution in [2.45, 2.75) is 18.9 Å². The van der Waals surface area contributed by atoms with Crippen LogP contribution in [-0.4, -0.2) is 40.4 Å². The number of benzene rings is 4. The maximum absolute atomic E-state index is 16.5. The number of fused-ring (bicyclic) bond motifs is 5. The van der Waals surface area contributed by atoms with Crippen LogP contribution in [0.3, 0.4) is 0 Å². The van der Waals surface area contributed by atoms with E-state index < -0.39 is 17.8 Å². The molecule has 0 saturated carbocycles. The fourth-order valence-corrected chi connectivity index (χ4v) is 6.39. The molecule has 0 saturated heterocycles. The van der Waals surface area contributed by atoms with Gasteiger partial charge in [0.1, 0.15) is 17.1 Å². The predicted octanol–water partition coefficient (Wildman–Crippen LogP) is 7.83. The highest BCUT2D eigenvalue weighted by Crippen LogP contribution is 2.51. The van der Waals surface area contributed by atoms with E-state index in [0.717, 1.165) is 21.9 Å². The number of methoxy groups -OCH3 is 1. The van der Waals surface area contributed by atoms with Crippen molar-refractivity contribution >= 4 is 57.5 Å². The Labute approximate surface area is 260 Å². The lowest BCUT2D eigenvalue weighted by molar-refractivity contribution is -0.136. The number of hydrogen-bond donors (Lipinski definition) is 2. The molecule has 1 aromatic heterocycles. The first kappa shape index (κ1) is 29.0. The lowest BCUT2D eigenvalue weighted by Gasteiger charge is -2.17. The van der Waals surface area contributed by atoms with E-state index in [4.69, 9.17) is 49.7 Å². The fraction of sp³-hybridized carbons (Fsp3) is 0.156. The summed E-state index contributed by atoms with van der Waals surface area (Å²) in [4.78, 5) is 23.2. The molecule has 2 heterocycles. The van der Waals surface area contributed by atoms with Crippen molar-refractivity contribution in [1.82, 2.24) is 15.1 Å². The first-order valence-corrected chi connectivity index (χ1v) is 14.4. The summed E-state index contributed by atoms with van der Waals surface area (Å²) in [6.07, 6.45) is 0.235. The third-order valence-corrected chi connectivity index (χ3v) is 8.21. The van der Waals surface area contributed by atoms with Crippen molar-refractivity contribution in [3.8, 4) is 28.3 Å². The van der Waals surface area contributed by atoms with Crippen LogP contribution in [-0.2, 0) is 11.2 Å². The Hall–Kier alpha value is -4.11. The Balaban J connectivity index is 1.44. The first-order chi connectivity index (χ1) is 20.6. The third kappa shape index (κ3) is 5.42. The zero-order valence-electron chi connectivity index (χ0n) is 22.6. The van der Waals surface area contributed by atoms with E-state index in [2.05, 4.69) is 5.32 Å². The average molecular weight is 639 g/mol. The second kappa shape index (κ2) is 11.5. The van der Waals surface area contributed by atoms with Gasteiger partial charge in [-0.3, -0.25) is 14.3 Å². The molecule has 7 nitrogen and oxygen atoms in total. The van der Waals surface area contributed by atoms with E-state index >= 15 is 4.39 Å². The third-order valence-electron chi connectivity index (χ3n) is 7.46. The van der Waals surface area contributed by atoms with Crippen molar-refractivity contribution in [3.63, 3.8) is 0 Å². The van der Waals surface area contributed by atoms with E-state index in [-0.39, 0.29) is 24.6 Å². The number of carboxylic acids is 1. The van der Waals surface area contributed by atoms with Crippen molar-refractivity contribution in [2.24, 2.45) is 0 Å². The molecule has 4 aromatic carbocycles. The summed E-state index contributed by atoms with van der Waals surface area (Å²) >= 11 is 19.4. The number of nitrogens with zero attached hydrogens (tertiary/aromatic N) is 2. The topological polar surface area (TPSA) is 93.5 Å². The van der Waals surface area contributed by atoms with E-state index in [9.17, 15) is 9.59 Å². The second-order valence-corrected chi connectivity index (χ2v) is 11.4. The smallest absolute Gasteiger partial charge is 0.305 e. The van der Waals surface area contributed by atoms with E-state index in [1.807, 2.05) is 24.3 Å². The molecule has 0 bridgehead atoms. The number of carbonyl (C=O) groups excluding carboxylic acids is 1. The minimum absolute atomic E-state index is 0.0287. The molecule has 0 fully saturated rings. The van der Waals surface area contributed by atoms with Gasteiger partial charge in [0, 0.05) is 43.9 Å². The molecule has 0 spiro atoms. The number of carboxylic acid groups (broad SMARTS) is 1. The Morgan fingerprint density at radius 1 is 1.02 bits per heavy atom. The van der Waals surface area contributed by atoms with Gasteiger partial charge in [-0.15, -0.1) is 0 Å². The summed E-state index contributed by atoms with van der Waals surface area (Å²) in [7, 11) is 1.58. The molecule has 1 aliphatic rings. The number of amides is 1. The Morgan fingerprint density at radius 2 is 1.74 bits per heavy atom. The second-order valence-electron chi connectivity index (χ2n) is 10.2. The minimum atomic E-state index is -0.992. The van der Waals surface area contributed by atoms with Gasteiger partial charge < -0.3 is 15.2 Å². The van der Waals surface area contributed by atoms with Gasteiger partial charge >= 0.3 is 5.97 Å². The summed E-state index contributed by atoms with van der Waals surface area (Å²) in [5.74, 6) is -1.23. The van der Waals surface area contributed by atoms with Crippen LogP contribution in [0.15, 0.2) is 66.7 Å². The molecule has 5 aromatic rings. The van der Waals surface area contributed by atoms with Crippen LogP contribution < -0.4 is 10.1 Å². The quantitative estimate of drug-likeness (QED) is 0.181. The van der Waals surface area contributed by atoms with Gasteiger partial charge in [0.2, 0.25) is 0 Å². The number of halogens is 4. The van der Waals surface area contributed by atoms with Crippen molar-refractivity contribution in [3.05, 3.63) is 104 Å².